The zero-order valence-corrected chi connectivity index (χ0v) is 6.32. The highest BCUT2D eigenvalue weighted by atomic mass is 16.5. The largest absolute Gasteiger partial charge is 0.569 e. The lowest BCUT2D eigenvalue weighted by atomic mass is 10.2. The zero-order chi connectivity index (χ0) is 8.39. The quantitative estimate of drug-likeness (QED) is 0.645. The van der Waals surface area contributed by atoms with Gasteiger partial charge in [-0.05, 0) is 24.3 Å². The minimum absolute atomic E-state index is 0.629. The number of rotatable bonds is 2. The van der Waals surface area contributed by atoms with Gasteiger partial charge in [-0.3, -0.25) is 0 Å². The molecule has 2 aromatic rings. The van der Waals surface area contributed by atoms with Crippen LogP contribution in [-0.2, 0) is 0 Å². The first kappa shape index (κ1) is 7.25. The first-order chi connectivity index (χ1) is 5.90. The molecule has 1 radical (unpaired) electrons. The maximum absolute atomic E-state index is 8.39. The normalized spacial score (nSPS) is 10.1. The molecule has 1 heterocycles. The fourth-order valence-corrected chi connectivity index (χ4v) is 1.17. The van der Waals surface area contributed by atoms with Gasteiger partial charge >= 0.3 is 7.69 Å². The Morgan fingerprint density at radius 2 is 2.25 bits per heavy atom. The monoisotopic (exact) mass is 160 g/mol. The molecule has 0 aliphatic rings. The highest BCUT2D eigenvalue weighted by Gasteiger charge is 1.97. The zero-order valence-electron chi connectivity index (χ0n) is 6.32. The van der Waals surface area contributed by atoms with Crippen LogP contribution in [0, 0.1) is 0 Å². The molecule has 2 N–H and O–H groups in total. The van der Waals surface area contributed by atoms with Gasteiger partial charge in [0.15, 0.2) is 0 Å². The van der Waals surface area contributed by atoms with Crippen molar-refractivity contribution >= 4 is 18.6 Å². The minimum atomic E-state index is 0.629. The van der Waals surface area contributed by atoms with Crippen molar-refractivity contribution in [1.82, 2.24) is 4.98 Å². The molecular formula is C8H7BNO2. The molecule has 0 aliphatic heterocycles. The Balaban J connectivity index is 2.46. The average Bonchev–Trinajstić information content (AvgIpc) is 2.51. The lowest BCUT2D eigenvalue weighted by Gasteiger charge is -1.99. The molecule has 0 spiro atoms. The van der Waals surface area contributed by atoms with Crippen LogP contribution in [0.15, 0.2) is 30.5 Å². The fraction of sp³-hybridized carbons (Fsp3) is 0. The highest BCUT2D eigenvalue weighted by molar-refractivity contribution is 6.17. The van der Waals surface area contributed by atoms with Crippen molar-refractivity contribution in [1.29, 1.82) is 0 Å². The molecular weight excluding hydrogens is 153 g/mol. The second-order valence-electron chi connectivity index (χ2n) is 2.45. The van der Waals surface area contributed by atoms with E-state index < -0.39 is 0 Å². The molecule has 0 aliphatic carbocycles. The summed E-state index contributed by atoms with van der Waals surface area (Å²) in [6.07, 6.45) is 1.86. The summed E-state index contributed by atoms with van der Waals surface area (Å²) in [5.41, 5.74) is 1.06. The van der Waals surface area contributed by atoms with E-state index in [1.165, 1.54) is 0 Å². The van der Waals surface area contributed by atoms with E-state index in [1.54, 1.807) is 6.07 Å². The van der Waals surface area contributed by atoms with Crippen LogP contribution in [0.3, 0.4) is 0 Å². The Morgan fingerprint density at radius 1 is 1.33 bits per heavy atom. The third-order valence-corrected chi connectivity index (χ3v) is 1.71. The predicted octanol–water partition coefficient (Wildman–Crippen LogP) is 1.07. The molecule has 0 bridgehead atoms. The lowest BCUT2D eigenvalue weighted by molar-refractivity contribution is 0.454. The van der Waals surface area contributed by atoms with Gasteiger partial charge in [0.25, 0.3) is 0 Å². The number of H-pyrrole nitrogens is 1. The van der Waals surface area contributed by atoms with Crippen molar-refractivity contribution in [2.24, 2.45) is 0 Å². The fourth-order valence-electron chi connectivity index (χ4n) is 1.17. The average molecular weight is 160 g/mol. The van der Waals surface area contributed by atoms with Crippen molar-refractivity contribution in [2.45, 2.75) is 0 Å². The van der Waals surface area contributed by atoms with E-state index >= 15 is 0 Å². The SMILES string of the molecule is O[B]Oc1ccc2[nH]ccc2c1. The Morgan fingerprint density at radius 3 is 3.08 bits per heavy atom. The smallest absolute Gasteiger partial charge is 0.537 e. The molecule has 0 saturated carbocycles. The summed E-state index contributed by atoms with van der Waals surface area (Å²) in [4.78, 5) is 3.06. The highest BCUT2D eigenvalue weighted by Crippen LogP contribution is 2.18. The van der Waals surface area contributed by atoms with E-state index in [4.69, 9.17) is 9.68 Å². The first-order valence-electron chi connectivity index (χ1n) is 3.60. The van der Waals surface area contributed by atoms with E-state index in [9.17, 15) is 0 Å². The summed E-state index contributed by atoms with van der Waals surface area (Å²) in [6.45, 7) is 0. The van der Waals surface area contributed by atoms with Crippen LogP contribution in [0.25, 0.3) is 10.9 Å². The molecule has 3 nitrogen and oxygen atoms in total. The Labute approximate surface area is 70.3 Å². The third-order valence-electron chi connectivity index (χ3n) is 1.71. The van der Waals surface area contributed by atoms with Crippen LogP contribution in [0.4, 0.5) is 0 Å². The number of benzene rings is 1. The maximum atomic E-state index is 8.39. The molecule has 0 unspecified atom stereocenters. The van der Waals surface area contributed by atoms with Gasteiger partial charge in [-0.1, -0.05) is 0 Å². The summed E-state index contributed by atoms with van der Waals surface area (Å²) in [5.74, 6) is 0.629. The number of hydrogen-bond donors (Lipinski definition) is 2. The predicted molar refractivity (Wildman–Crippen MR) is 46.9 cm³/mol. The molecule has 1 aromatic carbocycles. The van der Waals surface area contributed by atoms with Gasteiger partial charge in [-0.2, -0.15) is 0 Å². The summed E-state index contributed by atoms with van der Waals surface area (Å²) < 4.78 is 4.80. The number of nitrogens with one attached hydrogen (secondary N) is 1. The Kier molecular flexibility index (Phi) is 1.76. The number of aromatic amines is 1. The van der Waals surface area contributed by atoms with Crippen LogP contribution in [-0.4, -0.2) is 17.7 Å². The number of hydrogen-bond acceptors (Lipinski definition) is 2. The van der Waals surface area contributed by atoms with E-state index in [0.29, 0.717) is 13.4 Å². The van der Waals surface area contributed by atoms with E-state index in [0.717, 1.165) is 10.9 Å². The minimum Gasteiger partial charge on any atom is -0.537 e. The van der Waals surface area contributed by atoms with Gasteiger partial charge in [0.05, 0.1) is 0 Å². The summed E-state index contributed by atoms with van der Waals surface area (Å²) in [7, 11) is 0.674. The molecule has 0 atom stereocenters. The van der Waals surface area contributed by atoms with Crippen LogP contribution < -0.4 is 4.65 Å². The second kappa shape index (κ2) is 2.91. The first-order valence-corrected chi connectivity index (χ1v) is 3.60. The lowest BCUT2D eigenvalue weighted by Crippen LogP contribution is -1.98. The maximum Gasteiger partial charge on any atom is 0.569 e. The van der Waals surface area contributed by atoms with Gasteiger partial charge in [-0.25, -0.2) is 0 Å². The van der Waals surface area contributed by atoms with E-state index in [1.807, 2.05) is 24.4 Å². The van der Waals surface area contributed by atoms with Gasteiger partial charge in [0.1, 0.15) is 5.75 Å². The number of fused-ring (bicyclic) bond motifs is 1. The van der Waals surface area contributed by atoms with Crippen molar-refractivity contribution in [3.05, 3.63) is 30.5 Å². The van der Waals surface area contributed by atoms with Gasteiger partial charge in [-0.15, -0.1) is 0 Å². The van der Waals surface area contributed by atoms with Crippen molar-refractivity contribution < 1.29 is 9.68 Å². The van der Waals surface area contributed by atoms with Crippen molar-refractivity contribution in [3.8, 4) is 5.75 Å². The van der Waals surface area contributed by atoms with E-state index in [-0.39, 0.29) is 0 Å². The molecule has 12 heavy (non-hydrogen) atoms. The second-order valence-corrected chi connectivity index (χ2v) is 2.45. The standard InChI is InChI=1S/C8H7BNO2/c11-9-12-7-1-2-8-6(5-7)3-4-10-8/h1-5,10-11H. The Bertz CT molecular complexity index is 385. The molecule has 2 rings (SSSR count). The molecule has 0 amide bonds. The number of aromatic nitrogens is 1. The molecule has 59 valence electrons. The van der Waals surface area contributed by atoms with Gasteiger partial charge in [0, 0.05) is 17.1 Å². The third kappa shape index (κ3) is 1.17. The summed E-state index contributed by atoms with van der Waals surface area (Å²) >= 11 is 0. The topological polar surface area (TPSA) is 45.2 Å². The molecule has 0 saturated heterocycles. The molecule has 0 fully saturated rings. The summed E-state index contributed by atoms with van der Waals surface area (Å²) in [6, 6.07) is 7.47. The molecule has 1 aromatic heterocycles. The van der Waals surface area contributed by atoms with E-state index in [2.05, 4.69) is 4.98 Å². The summed E-state index contributed by atoms with van der Waals surface area (Å²) in [5, 5.41) is 9.45. The van der Waals surface area contributed by atoms with Crippen LogP contribution in [0.1, 0.15) is 0 Å². The van der Waals surface area contributed by atoms with Crippen LogP contribution in [0.2, 0.25) is 0 Å². The van der Waals surface area contributed by atoms with Gasteiger partial charge < -0.3 is 14.7 Å². The molecule has 4 heteroatoms. The van der Waals surface area contributed by atoms with Gasteiger partial charge in [0.2, 0.25) is 0 Å². The van der Waals surface area contributed by atoms with Crippen LogP contribution in [0.5, 0.6) is 5.75 Å². The van der Waals surface area contributed by atoms with Crippen LogP contribution >= 0.6 is 0 Å². The Hall–Kier alpha value is -1.42. The van der Waals surface area contributed by atoms with Crippen molar-refractivity contribution in [3.63, 3.8) is 0 Å². The van der Waals surface area contributed by atoms with Crippen molar-refractivity contribution in [2.75, 3.05) is 0 Å².